The van der Waals surface area contributed by atoms with Crippen molar-refractivity contribution in [1.29, 1.82) is 0 Å². The largest absolute Gasteiger partial charge is 0.408 e. The second-order valence-electron chi connectivity index (χ2n) is 10.0. The maximum atomic E-state index is 13.0. The Kier molecular flexibility index (Phi) is 7.70. The molecule has 3 atom stereocenters. The van der Waals surface area contributed by atoms with Crippen molar-refractivity contribution in [3.05, 3.63) is 71.3 Å². The van der Waals surface area contributed by atoms with Gasteiger partial charge in [0.15, 0.2) is 5.82 Å². The van der Waals surface area contributed by atoms with Gasteiger partial charge in [0.2, 0.25) is 0 Å². The van der Waals surface area contributed by atoms with Gasteiger partial charge in [-0.2, -0.15) is 13.2 Å². The number of nitrogens with zero attached hydrogens (tertiary/aromatic N) is 6. The molecule has 38 heavy (non-hydrogen) atoms. The second kappa shape index (κ2) is 11.2. The Bertz CT molecular complexity index is 1210. The molecule has 1 aromatic carbocycles. The number of likely N-dealkylation sites (tertiary alicyclic amines) is 1. The van der Waals surface area contributed by atoms with Crippen molar-refractivity contribution >= 4 is 5.91 Å². The van der Waals surface area contributed by atoms with E-state index in [0.29, 0.717) is 31.6 Å². The van der Waals surface area contributed by atoms with Crippen LogP contribution in [0.2, 0.25) is 0 Å². The van der Waals surface area contributed by atoms with Gasteiger partial charge in [0, 0.05) is 37.3 Å². The van der Waals surface area contributed by atoms with Crippen molar-refractivity contribution in [3.8, 4) is 0 Å². The molecule has 2 aliphatic heterocycles. The number of halogens is 3. The van der Waals surface area contributed by atoms with Crippen LogP contribution < -0.4 is 5.32 Å². The van der Waals surface area contributed by atoms with Crippen LogP contribution in [-0.2, 0) is 13.0 Å². The van der Waals surface area contributed by atoms with E-state index in [9.17, 15) is 23.1 Å². The number of carbonyl (C=O) groups is 1. The highest BCUT2D eigenvalue weighted by atomic mass is 19.4. The van der Waals surface area contributed by atoms with Crippen LogP contribution in [0.15, 0.2) is 48.7 Å². The van der Waals surface area contributed by atoms with Crippen LogP contribution in [0.25, 0.3) is 0 Å². The van der Waals surface area contributed by atoms with E-state index in [-0.39, 0.29) is 29.7 Å². The third-order valence-electron chi connectivity index (χ3n) is 7.36. The van der Waals surface area contributed by atoms with Crippen molar-refractivity contribution in [2.45, 2.75) is 68.9 Å². The monoisotopic (exact) mass is 529 g/mol. The SMILES string of the molecule is O=C(c1ccc(C[C@@H]2CCC([C@H](O)c3ccccc3)N2)cn1)N1CCC(c2nnnn2CC(F)(F)F)CC1. The summed E-state index contributed by atoms with van der Waals surface area (Å²) in [4.78, 5) is 19.0. The molecule has 2 saturated heterocycles. The van der Waals surface area contributed by atoms with Crippen molar-refractivity contribution in [2.24, 2.45) is 0 Å². The first-order chi connectivity index (χ1) is 18.3. The Hall–Kier alpha value is -3.38. The number of piperidine rings is 1. The molecule has 3 aromatic rings. The standard InChI is InChI=1S/C26H30F3N7O2/c27-26(28,29)16-36-24(32-33-34-36)19-10-12-35(13-11-19)25(38)22-8-6-17(15-30-22)14-20-7-9-21(31-20)23(37)18-4-2-1-3-5-18/h1-6,8,15,19-21,23,31,37H,7,9-14,16H2/t20-,21?,23+/m0/s1. The Morgan fingerprint density at radius 3 is 2.53 bits per heavy atom. The zero-order chi connectivity index (χ0) is 26.7. The molecule has 2 fully saturated rings. The van der Waals surface area contributed by atoms with Gasteiger partial charge in [0.25, 0.3) is 5.91 Å². The van der Waals surface area contributed by atoms with Crippen LogP contribution in [0.4, 0.5) is 13.2 Å². The number of tetrazole rings is 1. The molecule has 0 spiro atoms. The van der Waals surface area contributed by atoms with Gasteiger partial charge in [0.05, 0.1) is 6.10 Å². The Labute approximate surface area is 218 Å². The molecule has 1 unspecified atom stereocenters. The van der Waals surface area contributed by atoms with Crippen LogP contribution in [-0.4, -0.2) is 72.5 Å². The molecule has 202 valence electrons. The molecular formula is C26H30F3N7O2. The van der Waals surface area contributed by atoms with Crippen LogP contribution >= 0.6 is 0 Å². The molecular weight excluding hydrogens is 499 g/mol. The van der Waals surface area contributed by atoms with Gasteiger partial charge in [-0.15, -0.1) is 5.10 Å². The lowest BCUT2D eigenvalue weighted by molar-refractivity contribution is -0.143. The molecule has 0 aliphatic carbocycles. The smallest absolute Gasteiger partial charge is 0.387 e. The van der Waals surface area contributed by atoms with Gasteiger partial charge in [-0.3, -0.25) is 9.78 Å². The van der Waals surface area contributed by atoms with Crippen LogP contribution in [0.3, 0.4) is 0 Å². The summed E-state index contributed by atoms with van der Waals surface area (Å²) < 4.78 is 39.2. The van der Waals surface area contributed by atoms with E-state index in [4.69, 9.17) is 0 Å². The minimum atomic E-state index is -4.41. The number of hydrogen-bond donors (Lipinski definition) is 2. The topological polar surface area (TPSA) is 109 Å². The quantitative estimate of drug-likeness (QED) is 0.484. The Morgan fingerprint density at radius 2 is 1.84 bits per heavy atom. The highest BCUT2D eigenvalue weighted by Crippen LogP contribution is 2.29. The fraction of sp³-hybridized carbons (Fsp3) is 0.500. The summed E-state index contributed by atoms with van der Waals surface area (Å²) in [6.07, 6.45) is 0.278. The number of alkyl halides is 3. The zero-order valence-electron chi connectivity index (χ0n) is 20.8. The number of rotatable bonds is 7. The van der Waals surface area contributed by atoms with Crippen molar-refractivity contribution in [3.63, 3.8) is 0 Å². The number of aliphatic hydroxyl groups excluding tert-OH is 1. The number of nitrogens with one attached hydrogen (secondary N) is 1. The highest BCUT2D eigenvalue weighted by molar-refractivity contribution is 5.92. The predicted octanol–water partition coefficient (Wildman–Crippen LogP) is 3.05. The summed E-state index contributed by atoms with van der Waals surface area (Å²) in [6, 6.07) is 13.5. The number of benzene rings is 1. The average molecular weight is 530 g/mol. The maximum Gasteiger partial charge on any atom is 0.408 e. The Balaban J connectivity index is 1.12. The molecule has 9 nitrogen and oxygen atoms in total. The minimum Gasteiger partial charge on any atom is -0.387 e. The lowest BCUT2D eigenvalue weighted by Crippen LogP contribution is -2.39. The average Bonchev–Trinajstić information content (AvgIpc) is 3.57. The number of amides is 1. The maximum absolute atomic E-state index is 13.0. The summed E-state index contributed by atoms with van der Waals surface area (Å²) in [7, 11) is 0. The summed E-state index contributed by atoms with van der Waals surface area (Å²) >= 11 is 0. The van der Waals surface area contributed by atoms with Gasteiger partial charge in [0.1, 0.15) is 12.2 Å². The molecule has 2 N–H and O–H groups in total. The molecule has 5 rings (SSSR count). The molecule has 2 aromatic heterocycles. The third kappa shape index (κ3) is 6.18. The number of aromatic nitrogens is 5. The van der Waals surface area contributed by atoms with E-state index in [0.717, 1.165) is 35.1 Å². The third-order valence-corrected chi connectivity index (χ3v) is 7.36. The van der Waals surface area contributed by atoms with E-state index in [1.54, 1.807) is 17.2 Å². The molecule has 4 heterocycles. The van der Waals surface area contributed by atoms with Gasteiger partial charge < -0.3 is 15.3 Å². The molecule has 12 heteroatoms. The first-order valence-electron chi connectivity index (χ1n) is 12.8. The van der Waals surface area contributed by atoms with E-state index >= 15 is 0 Å². The highest BCUT2D eigenvalue weighted by Gasteiger charge is 2.34. The van der Waals surface area contributed by atoms with Crippen LogP contribution in [0.5, 0.6) is 0 Å². The van der Waals surface area contributed by atoms with Crippen LogP contribution in [0.1, 0.15) is 65.1 Å². The van der Waals surface area contributed by atoms with Crippen molar-refractivity contribution < 1.29 is 23.1 Å². The number of hydrogen-bond acceptors (Lipinski definition) is 7. The molecule has 0 radical (unpaired) electrons. The summed E-state index contributed by atoms with van der Waals surface area (Å²) in [5.74, 6) is -0.235. The number of carbonyl (C=O) groups excluding carboxylic acids is 1. The summed E-state index contributed by atoms with van der Waals surface area (Å²) in [6.45, 7) is -0.443. The van der Waals surface area contributed by atoms with Gasteiger partial charge in [-0.1, -0.05) is 36.4 Å². The van der Waals surface area contributed by atoms with Gasteiger partial charge in [-0.05, 0) is 59.7 Å². The molecule has 0 saturated carbocycles. The van der Waals surface area contributed by atoms with E-state index in [1.807, 2.05) is 36.4 Å². The molecule has 1 amide bonds. The van der Waals surface area contributed by atoms with E-state index in [2.05, 4.69) is 25.8 Å². The number of aliphatic hydroxyl groups is 1. The zero-order valence-corrected chi connectivity index (χ0v) is 20.8. The van der Waals surface area contributed by atoms with E-state index in [1.165, 1.54) is 0 Å². The number of pyridine rings is 1. The predicted molar refractivity (Wildman–Crippen MR) is 131 cm³/mol. The fourth-order valence-electron chi connectivity index (χ4n) is 5.39. The summed E-state index contributed by atoms with van der Waals surface area (Å²) in [5.41, 5.74) is 2.24. The van der Waals surface area contributed by atoms with Crippen molar-refractivity contribution in [2.75, 3.05) is 13.1 Å². The van der Waals surface area contributed by atoms with Crippen LogP contribution in [0, 0.1) is 0 Å². The first-order valence-corrected chi connectivity index (χ1v) is 12.8. The Morgan fingerprint density at radius 1 is 1.08 bits per heavy atom. The normalized spacial score (nSPS) is 21.5. The van der Waals surface area contributed by atoms with Crippen molar-refractivity contribution in [1.82, 2.24) is 35.4 Å². The van der Waals surface area contributed by atoms with E-state index < -0.39 is 18.8 Å². The lowest BCUT2D eigenvalue weighted by Gasteiger charge is -2.31. The molecule has 2 aliphatic rings. The minimum absolute atomic E-state index is 0.00257. The van der Waals surface area contributed by atoms with Gasteiger partial charge >= 0.3 is 6.18 Å². The second-order valence-corrected chi connectivity index (χ2v) is 10.0. The fourth-order valence-corrected chi connectivity index (χ4v) is 5.39. The first kappa shape index (κ1) is 26.2. The molecule has 0 bridgehead atoms. The van der Waals surface area contributed by atoms with Gasteiger partial charge in [-0.25, -0.2) is 4.68 Å². The lowest BCUT2D eigenvalue weighted by atomic mass is 9.95. The summed E-state index contributed by atoms with van der Waals surface area (Å²) in [5, 5.41) is 24.9.